The van der Waals surface area contributed by atoms with E-state index in [1.54, 1.807) is 6.07 Å². The number of aliphatic carboxylic acids is 1. The number of benzene rings is 1. The van der Waals surface area contributed by atoms with Crippen LogP contribution < -0.4 is 10.6 Å². The summed E-state index contributed by atoms with van der Waals surface area (Å²) in [5.41, 5.74) is -0.725. The number of nitrogens with zero attached hydrogens (tertiary/aromatic N) is 2. The second-order valence-electron chi connectivity index (χ2n) is 5.06. The minimum atomic E-state index is -4.56. The average Bonchev–Trinajstić information content (AvgIpc) is 3.04. The number of carboxylic acid groups (broad SMARTS) is 1. The van der Waals surface area contributed by atoms with Gasteiger partial charge in [0.2, 0.25) is 0 Å². The smallest absolute Gasteiger partial charge is 0.416 e. The number of urea groups is 1. The predicted octanol–water partition coefficient (Wildman–Crippen LogP) is 2.88. The Kier molecular flexibility index (Phi) is 5.63. The van der Waals surface area contributed by atoms with Crippen LogP contribution in [-0.2, 0) is 11.0 Å². The number of alkyl halides is 3. The number of nitrogens with one attached hydrogen (secondary N) is 2. The van der Waals surface area contributed by atoms with Crippen molar-refractivity contribution in [2.75, 3.05) is 11.9 Å². The van der Waals surface area contributed by atoms with E-state index in [1.807, 2.05) is 0 Å². The quantitative estimate of drug-likeness (QED) is 0.694. The molecule has 0 saturated heterocycles. The first-order valence-corrected chi connectivity index (χ1v) is 7.25. The molecule has 0 aliphatic carbocycles. The third-order valence-electron chi connectivity index (χ3n) is 3.18. The summed E-state index contributed by atoms with van der Waals surface area (Å²) in [4.78, 5) is 22.3. The molecule has 0 aliphatic rings. The molecule has 2 aromatic rings. The molecular formula is C15H15F3N4O3. The van der Waals surface area contributed by atoms with Gasteiger partial charge in [0.05, 0.1) is 16.9 Å². The van der Waals surface area contributed by atoms with E-state index >= 15 is 0 Å². The Balaban J connectivity index is 2.16. The normalized spacial score (nSPS) is 11.2. The van der Waals surface area contributed by atoms with Gasteiger partial charge in [-0.3, -0.25) is 4.79 Å². The molecule has 1 heterocycles. The van der Waals surface area contributed by atoms with E-state index in [4.69, 9.17) is 5.11 Å². The zero-order valence-corrected chi connectivity index (χ0v) is 12.9. The van der Waals surface area contributed by atoms with Gasteiger partial charge in [-0.2, -0.15) is 18.3 Å². The highest BCUT2D eigenvalue weighted by Gasteiger charge is 2.31. The van der Waals surface area contributed by atoms with Crippen molar-refractivity contribution in [3.05, 3.63) is 42.2 Å². The second kappa shape index (κ2) is 7.69. The van der Waals surface area contributed by atoms with Crippen molar-refractivity contribution < 1.29 is 27.9 Å². The van der Waals surface area contributed by atoms with Gasteiger partial charge in [0, 0.05) is 25.4 Å². The molecule has 0 unspecified atom stereocenters. The number of halogens is 3. The van der Waals surface area contributed by atoms with Crippen molar-refractivity contribution in [2.24, 2.45) is 0 Å². The van der Waals surface area contributed by atoms with Gasteiger partial charge in [0.25, 0.3) is 0 Å². The monoisotopic (exact) mass is 356 g/mol. The fourth-order valence-corrected chi connectivity index (χ4v) is 2.03. The highest BCUT2D eigenvalue weighted by atomic mass is 19.4. The lowest BCUT2D eigenvalue weighted by Gasteiger charge is -2.15. The first-order chi connectivity index (χ1) is 11.8. The van der Waals surface area contributed by atoms with Crippen LogP contribution in [0.25, 0.3) is 5.69 Å². The molecule has 0 atom stereocenters. The maximum atomic E-state index is 12.9. The maximum absolute atomic E-state index is 12.9. The van der Waals surface area contributed by atoms with Gasteiger partial charge in [-0.1, -0.05) is 0 Å². The molecule has 7 nitrogen and oxygen atoms in total. The van der Waals surface area contributed by atoms with E-state index in [0.717, 1.165) is 12.1 Å². The fourth-order valence-electron chi connectivity index (χ4n) is 2.03. The molecule has 0 spiro atoms. The molecule has 2 amide bonds. The lowest BCUT2D eigenvalue weighted by molar-refractivity contribution is -0.138. The van der Waals surface area contributed by atoms with Crippen LogP contribution in [0, 0.1) is 0 Å². The average molecular weight is 356 g/mol. The second-order valence-corrected chi connectivity index (χ2v) is 5.06. The number of hydrogen-bond acceptors (Lipinski definition) is 3. The minimum Gasteiger partial charge on any atom is -0.481 e. The highest BCUT2D eigenvalue weighted by molar-refractivity contribution is 5.91. The van der Waals surface area contributed by atoms with Crippen molar-refractivity contribution in [2.45, 2.75) is 19.0 Å². The zero-order chi connectivity index (χ0) is 18.4. The third kappa shape index (κ3) is 5.23. The van der Waals surface area contributed by atoms with Crippen LogP contribution in [0.15, 0.2) is 36.7 Å². The summed E-state index contributed by atoms with van der Waals surface area (Å²) in [5, 5.41) is 17.2. The number of carboxylic acids is 1. The highest BCUT2D eigenvalue weighted by Crippen LogP contribution is 2.33. The van der Waals surface area contributed by atoms with E-state index in [1.165, 1.54) is 23.1 Å². The summed E-state index contributed by atoms with van der Waals surface area (Å²) in [6.45, 7) is 0.0776. The summed E-state index contributed by atoms with van der Waals surface area (Å²) in [7, 11) is 0. The largest absolute Gasteiger partial charge is 0.481 e. The SMILES string of the molecule is O=C(O)CCCNC(=O)Nc1cc(C(F)(F)F)ccc1-n1cccn1. The summed E-state index contributed by atoms with van der Waals surface area (Å²) >= 11 is 0. The van der Waals surface area contributed by atoms with Crippen LogP contribution in [-0.4, -0.2) is 33.4 Å². The Bertz CT molecular complexity index is 745. The standard InChI is InChI=1S/C15H15F3N4O3/c16-15(17,18)10-4-5-12(22-8-2-7-20-22)11(9-10)21-14(25)19-6-1-3-13(23)24/h2,4-5,7-9H,1,3,6H2,(H,23,24)(H2,19,21,25). The molecule has 10 heteroatoms. The fraction of sp³-hybridized carbons (Fsp3) is 0.267. The maximum Gasteiger partial charge on any atom is 0.416 e. The summed E-state index contributed by atoms with van der Waals surface area (Å²) in [6.07, 6.45) is -1.50. The molecule has 134 valence electrons. The van der Waals surface area contributed by atoms with Gasteiger partial charge in [0.1, 0.15) is 0 Å². The molecule has 25 heavy (non-hydrogen) atoms. The van der Waals surface area contributed by atoms with E-state index in [2.05, 4.69) is 15.7 Å². The van der Waals surface area contributed by atoms with E-state index in [9.17, 15) is 22.8 Å². The van der Waals surface area contributed by atoms with Crippen LogP contribution in [0.4, 0.5) is 23.7 Å². The number of aromatic nitrogens is 2. The Labute approximate surface area is 140 Å². The molecule has 0 bridgehead atoms. The number of carbonyl (C=O) groups is 2. The molecule has 0 fully saturated rings. The number of carbonyl (C=O) groups excluding carboxylic acids is 1. The molecule has 1 aromatic carbocycles. The lowest BCUT2D eigenvalue weighted by atomic mass is 10.1. The van der Waals surface area contributed by atoms with E-state index in [-0.39, 0.29) is 30.8 Å². The Morgan fingerprint density at radius 2 is 2.04 bits per heavy atom. The first-order valence-electron chi connectivity index (χ1n) is 7.25. The number of amides is 2. The summed E-state index contributed by atoms with van der Waals surface area (Å²) < 4.78 is 40.0. The molecule has 3 N–H and O–H groups in total. The minimum absolute atomic E-state index is 0.0748. The molecule has 2 rings (SSSR count). The lowest BCUT2D eigenvalue weighted by Crippen LogP contribution is -2.30. The summed E-state index contributed by atoms with van der Waals surface area (Å²) in [6, 6.07) is 3.77. The van der Waals surface area contributed by atoms with E-state index in [0.29, 0.717) is 0 Å². The Morgan fingerprint density at radius 1 is 1.28 bits per heavy atom. The van der Waals surface area contributed by atoms with Gasteiger partial charge >= 0.3 is 18.2 Å². The van der Waals surface area contributed by atoms with E-state index < -0.39 is 23.7 Å². The van der Waals surface area contributed by atoms with Crippen molar-refractivity contribution in [1.82, 2.24) is 15.1 Å². The van der Waals surface area contributed by atoms with Gasteiger partial charge in [-0.15, -0.1) is 0 Å². The van der Waals surface area contributed by atoms with Crippen molar-refractivity contribution in [3.63, 3.8) is 0 Å². The van der Waals surface area contributed by atoms with Crippen LogP contribution >= 0.6 is 0 Å². The number of hydrogen-bond donors (Lipinski definition) is 3. The molecular weight excluding hydrogens is 341 g/mol. The Hall–Kier alpha value is -3.04. The first kappa shape index (κ1) is 18.3. The van der Waals surface area contributed by atoms with Crippen molar-refractivity contribution in [1.29, 1.82) is 0 Å². The summed E-state index contributed by atoms with van der Waals surface area (Å²) in [5.74, 6) is -0.999. The van der Waals surface area contributed by atoms with Crippen LogP contribution in [0.1, 0.15) is 18.4 Å². The molecule has 0 saturated carbocycles. The van der Waals surface area contributed by atoms with Crippen LogP contribution in [0.2, 0.25) is 0 Å². The van der Waals surface area contributed by atoms with Crippen molar-refractivity contribution in [3.8, 4) is 5.69 Å². The zero-order valence-electron chi connectivity index (χ0n) is 12.9. The molecule has 0 aliphatic heterocycles. The van der Waals surface area contributed by atoms with Gasteiger partial charge in [-0.05, 0) is 30.7 Å². The van der Waals surface area contributed by atoms with Gasteiger partial charge in [-0.25, -0.2) is 9.48 Å². The van der Waals surface area contributed by atoms with Gasteiger partial charge in [0.15, 0.2) is 0 Å². The number of rotatable bonds is 6. The van der Waals surface area contributed by atoms with Crippen LogP contribution in [0.5, 0.6) is 0 Å². The van der Waals surface area contributed by atoms with Crippen molar-refractivity contribution >= 4 is 17.7 Å². The predicted molar refractivity (Wildman–Crippen MR) is 82.5 cm³/mol. The molecule has 1 aromatic heterocycles. The Morgan fingerprint density at radius 3 is 2.64 bits per heavy atom. The third-order valence-corrected chi connectivity index (χ3v) is 3.18. The van der Waals surface area contributed by atoms with Gasteiger partial charge < -0.3 is 15.7 Å². The van der Waals surface area contributed by atoms with Crippen LogP contribution in [0.3, 0.4) is 0 Å². The molecule has 0 radical (unpaired) electrons. The number of anilines is 1. The topological polar surface area (TPSA) is 96.3 Å².